The van der Waals surface area contributed by atoms with Crippen LogP contribution in [0.4, 0.5) is 0 Å². The monoisotopic (exact) mass is 292 g/mol. The lowest BCUT2D eigenvalue weighted by atomic mass is 9.82. The van der Waals surface area contributed by atoms with Gasteiger partial charge in [-0.05, 0) is 53.0 Å². The molecule has 3 heterocycles. The van der Waals surface area contributed by atoms with E-state index >= 15 is 0 Å². The molecule has 3 rings (SSSR count). The Morgan fingerprint density at radius 3 is 2.29 bits per heavy atom. The zero-order valence-electron chi connectivity index (χ0n) is 13.7. The molecule has 0 aromatic carbocycles. The fourth-order valence-electron chi connectivity index (χ4n) is 2.82. The highest BCUT2D eigenvalue weighted by Crippen LogP contribution is 2.36. The Hall–Kier alpha value is -0.845. The average molecular weight is 292 g/mol. The van der Waals surface area contributed by atoms with E-state index in [0.29, 0.717) is 6.04 Å². The smallest absolute Gasteiger partial charge is 0.398 e. The van der Waals surface area contributed by atoms with Crippen LogP contribution in [0.2, 0.25) is 0 Å². The van der Waals surface area contributed by atoms with E-state index < -0.39 is 0 Å². The molecule has 0 unspecified atom stereocenters. The van der Waals surface area contributed by atoms with Gasteiger partial charge in [-0.15, -0.1) is 0 Å². The normalized spacial score (nSPS) is 25.5. The Labute approximate surface area is 127 Å². The highest BCUT2D eigenvalue weighted by Gasteiger charge is 2.53. The van der Waals surface area contributed by atoms with Crippen molar-refractivity contribution in [3.8, 4) is 0 Å². The van der Waals surface area contributed by atoms with Crippen LogP contribution in [0, 0.1) is 6.92 Å². The van der Waals surface area contributed by atoms with Crippen molar-refractivity contribution in [1.82, 2.24) is 9.78 Å². The maximum absolute atomic E-state index is 6.11. The predicted molar refractivity (Wildman–Crippen MR) is 81.8 cm³/mol. The van der Waals surface area contributed by atoms with Crippen LogP contribution < -0.4 is 5.59 Å². The van der Waals surface area contributed by atoms with Gasteiger partial charge in [0.15, 0.2) is 0 Å². The molecule has 2 aliphatic rings. The molecule has 0 N–H and O–H groups in total. The Bertz CT molecular complexity index is 505. The SMILES string of the molecule is Cc1cn(C2CCOCC2)nc1B1OC(C)(C)C(C)(C)O1. The van der Waals surface area contributed by atoms with E-state index in [9.17, 15) is 0 Å². The topological polar surface area (TPSA) is 45.5 Å². The van der Waals surface area contributed by atoms with Gasteiger partial charge in [0.05, 0.1) is 22.8 Å². The third-order valence-corrected chi connectivity index (χ3v) is 4.99. The van der Waals surface area contributed by atoms with Crippen molar-refractivity contribution in [2.45, 2.75) is 64.7 Å². The van der Waals surface area contributed by atoms with Crippen LogP contribution in [0.1, 0.15) is 52.1 Å². The van der Waals surface area contributed by atoms with Gasteiger partial charge >= 0.3 is 7.12 Å². The van der Waals surface area contributed by atoms with Crippen LogP contribution in [-0.2, 0) is 14.0 Å². The largest absolute Gasteiger partial charge is 0.516 e. The van der Waals surface area contributed by atoms with Crippen molar-refractivity contribution in [3.63, 3.8) is 0 Å². The summed E-state index contributed by atoms with van der Waals surface area (Å²) >= 11 is 0. The molecular weight excluding hydrogens is 267 g/mol. The first-order chi connectivity index (χ1) is 9.80. The van der Waals surface area contributed by atoms with Crippen LogP contribution >= 0.6 is 0 Å². The van der Waals surface area contributed by atoms with Crippen LogP contribution in [-0.4, -0.2) is 41.3 Å². The summed E-state index contributed by atoms with van der Waals surface area (Å²) < 4.78 is 19.7. The van der Waals surface area contributed by atoms with Crippen molar-refractivity contribution < 1.29 is 14.0 Å². The molecule has 2 fully saturated rings. The molecule has 1 aromatic heterocycles. The average Bonchev–Trinajstić information content (AvgIpc) is 2.89. The van der Waals surface area contributed by atoms with Crippen molar-refractivity contribution in [3.05, 3.63) is 11.8 Å². The first-order valence-corrected chi connectivity index (χ1v) is 7.79. The van der Waals surface area contributed by atoms with Crippen molar-refractivity contribution in [2.75, 3.05) is 13.2 Å². The van der Waals surface area contributed by atoms with Crippen LogP contribution in [0.25, 0.3) is 0 Å². The van der Waals surface area contributed by atoms with Crippen molar-refractivity contribution in [2.24, 2.45) is 0 Å². The molecule has 0 aliphatic carbocycles. The summed E-state index contributed by atoms with van der Waals surface area (Å²) in [5, 5.41) is 4.76. The molecule has 1 aromatic rings. The van der Waals surface area contributed by atoms with Gasteiger partial charge in [0.25, 0.3) is 0 Å². The highest BCUT2D eigenvalue weighted by molar-refractivity contribution is 6.61. The van der Waals surface area contributed by atoms with Crippen LogP contribution in [0.5, 0.6) is 0 Å². The van der Waals surface area contributed by atoms with E-state index in [4.69, 9.17) is 19.1 Å². The second kappa shape index (κ2) is 5.11. The lowest BCUT2D eigenvalue weighted by Crippen LogP contribution is -2.41. The highest BCUT2D eigenvalue weighted by atomic mass is 16.7. The standard InChI is InChI=1S/C15H25BN2O3/c1-11-10-18(12-6-8-19-9-7-12)17-13(11)16-20-14(2,3)15(4,5)21-16/h10,12H,6-9H2,1-5H3. The number of ether oxygens (including phenoxy) is 1. The van der Waals surface area contributed by atoms with Gasteiger partial charge in [0.1, 0.15) is 0 Å². The number of aryl methyl sites for hydroxylation is 1. The molecule has 0 atom stereocenters. The number of nitrogens with zero attached hydrogens (tertiary/aromatic N) is 2. The second-order valence-electron chi connectivity index (χ2n) is 7.11. The predicted octanol–water partition coefficient (Wildman–Crippen LogP) is 1.84. The fourth-order valence-corrected chi connectivity index (χ4v) is 2.82. The molecule has 2 saturated heterocycles. The van der Waals surface area contributed by atoms with Gasteiger partial charge in [0, 0.05) is 19.4 Å². The van der Waals surface area contributed by atoms with E-state index in [1.807, 2.05) is 0 Å². The number of hydrogen-bond acceptors (Lipinski definition) is 4. The third-order valence-electron chi connectivity index (χ3n) is 4.99. The molecule has 6 heteroatoms. The minimum absolute atomic E-state index is 0.327. The zero-order chi connectivity index (χ0) is 15.3. The van der Waals surface area contributed by atoms with Crippen molar-refractivity contribution in [1.29, 1.82) is 0 Å². The van der Waals surface area contributed by atoms with Gasteiger partial charge in [-0.2, -0.15) is 5.10 Å². The van der Waals surface area contributed by atoms with E-state index in [1.54, 1.807) is 0 Å². The fraction of sp³-hybridized carbons (Fsp3) is 0.800. The molecule has 0 radical (unpaired) electrons. The minimum atomic E-state index is -0.379. The number of aromatic nitrogens is 2. The minimum Gasteiger partial charge on any atom is -0.398 e. The van der Waals surface area contributed by atoms with Gasteiger partial charge < -0.3 is 14.0 Å². The Kier molecular flexibility index (Phi) is 3.67. The van der Waals surface area contributed by atoms with Gasteiger partial charge in [-0.3, -0.25) is 4.68 Å². The lowest BCUT2D eigenvalue weighted by molar-refractivity contribution is 0.00578. The molecule has 5 nitrogen and oxygen atoms in total. The Morgan fingerprint density at radius 2 is 1.71 bits per heavy atom. The molecule has 0 bridgehead atoms. The van der Waals surface area contributed by atoms with Crippen molar-refractivity contribution >= 4 is 12.7 Å². The van der Waals surface area contributed by atoms with E-state index in [0.717, 1.165) is 37.2 Å². The first-order valence-electron chi connectivity index (χ1n) is 7.79. The maximum atomic E-state index is 6.11. The van der Waals surface area contributed by atoms with Gasteiger partial charge in [-0.1, -0.05) is 0 Å². The van der Waals surface area contributed by atoms with Crippen LogP contribution in [0.15, 0.2) is 6.20 Å². The van der Waals surface area contributed by atoms with E-state index in [1.165, 1.54) is 0 Å². The number of rotatable bonds is 2. The van der Waals surface area contributed by atoms with Gasteiger partial charge in [-0.25, -0.2) is 0 Å². The van der Waals surface area contributed by atoms with E-state index in [2.05, 4.69) is 45.5 Å². The van der Waals surface area contributed by atoms with Crippen LogP contribution in [0.3, 0.4) is 0 Å². The molecule has 21 heavy (non-hydrogen) atoms. The summed E-state index contributed by atoms with van der Waals surface area (Å²) in [5.74, 6) is 0. The Morgan fingerprint density at radius 1 is 1.14 bits per heavy atom. The summed E-state index contributed by atoms with van der Waals surface area (Å²) in [7, 11) is -0.379. The molecular formula is C15H25BN2O3. The maximum Gasteiger partial charge on any atom is 0.516 e. The summed E-state index contributed by atoms with van der Waals surface area (Å²) in [4.78, 5) is 0. The molecule has 0 amide bonds. The quantitative estimate of drug-likeness (QED) is 0.780. The zero-order valence-corrected chi connectivity index (χ0v) is 13.7. The first kappa shape index (κ1) is 15.1. The Balaban J connectivity index is 1.82. The molecule has 0 spiro atoms. The van der Waals surface area contributed by atoms with Gasteiger partial charge in [0.2, 0.25) is 0 Å². The second-order valence-corrected chi connectivity index (χ2v) is 7.11. The summed E-state index contributed by atoms with van der Waals surface area (Å²) in [6, 6.07) is 0.425. The van der Waals surface area contributed by atoms with E-state index in [-0.39, 0.29) is 18.3 Å². The third kappa shape index (κ3) is 2.65. The summed E-state index contributed by atoms with van der Waals surface area (Å²) in [5.41, 5.74) is 1.37. The summed E-state index contributed by atoms with van der Waals surface area (Å²) in [6.45, 7) is 12.0. The molecule has 116 valence electrons. The molecule has 0 saturated carbocycles. The number of hydrogen-bond donors (Lipinski definition) is 0. The lowest BCUT2D eigenvalue weighted by Gasteiger charge is -2.32. The summed E-state index contributed by atoms with van der Waals surface area (Å²) in [6.07, 6.45) is 4.14. The molecule has 2 aliphatic heterocycles.